The van der Waals surface area contributed by atoms with E-state index in [9.17, 15) is 5.11 Å². The summed E-state index contributed by atoms with van der Waals surface area (Å²) in [6, 6.07) is 9.72. The van der Waals surface area contributed by atoms with Crippen LogP contribution >= 0.6 is 15.9 Å². The number of ether oxygens (including phenoxy) is 1. The maximum absolute atomic E-state index is 9.60. The molecule has 4 rings (SSSR count). The van der Waals surface area contributed by atoms with Crippen LogP contribution in [0.15, 0.2) is 39.2 Å². The van der Waals surface area contributed by atoms with E-state index in [0.29, 0.717) is 23.2 Å². The van der Waals surface area contributed by atoms with Crippen molar-refractivity contribution < 1.29 is 14.3 Å². The Morgan fingerprint density at radius 1 is 1.24 bits per heavy atom. The van der Waals surface area contributed by atoms with E-state index < -0.39 is 5.60 Å². The van der Waals surface area contributed by atoms with Crippen LogP contribution in [0.25, 0.3) is 23.0 Å². The van der Waals surface area contributed by atoms with Gasteiger partial charge in [0.15, 0.2) is 17.4 Å². The zero-order valence-corrected chi connectivity index (χ0v) is 18.9. The van der Waals surface area contributed by atoms with Crippen LogP contribution in [-0.4, -0.2) is 31.1 Å². The third-order valence-electron chi connectivity index (χ3n) is 5.48. The molecule has 0 spiro atoms. The molecule has 154 valence electrons. The first-order valence-electron chi connectivity index (χ1n) is 9.73. The predicted octanol–water partition coefficient (Wildman–Crippen LogP) is 5.29. The summed E-state index contributed by atoms with van der Waals surface area (Å²) < 4.78 is 15.1. The second-order valence-electron chi connectivity index (χ2n) is 8.72. The molecule has 0 amide bonds. The summed E-state index contributed by atoms with van der Waals surface area (Å²) in [4.78, 5) is 4.85. The number of hydrogen-bond donors (Lipinski definition) is 1. The zero-order chi connectivity index (χ0) is 21.0. The first kappa shape index (κ1) is 20.3. The Balaban J connectivity index is 1.90. The maximum Gasteiger partial charge on any atom is 0.195 e. The summed E-state index contributed by atoms with van der Waals surface area (Å²) in [6.07, 6.45) is 0.804. The Hall–Kier alpha value is -1.96. The third-order valence-corrected chi connectivity index (χ3v) is 6.17. The fraction of sp³-hybridized carbons (Fsp3) is 0.455. The van der Waals surface area contributed by atoms with E-state index in [0.717, 1.165) is 22.0 Å². The molecule has 2 aromatic heterocycles. The van der Waals surface area contributed by atoms with E-state index in [1.165, 1.54) is 0 Å². The van der Waals surface area contributed by atoms with Crippen LogP contribution in [-0.2, 0) is 11.3 Å². The number of hydrogen-bond acceptors (Lipinski definition) is 5. The van der Waals surface area contributed by atoms with Crippen molar-refractivity contribution in [2.75, 3.05) is 0 Å². The van der Waals surface area contributed by atoms with Crippen LogP contribution in [0.2, 0.25) is 0 Å². The number of benzene rings is 1. The molecule has 0 saturated carbocycles. The van der Waals surface area contributed by atoms with Gasteiger partial charge < -0.3 is 14.3 Å². The standard InChI is InChI=1S/C22H26BrN3O3/c1-13-14(12-27)10-17(28-13)20-24-19(15-8-6-7-9-16(15)23)25-26(20)18-11-21(2,3)29-22(18,4)5/h6-10,18,27H,11-12H2,1-5H3. The van der Waals surface area contributed by atoms with Crippen LogP contribution in [0.3, 0.4) is 0 Å². The summed E-state index contributed by atoms with van der Waals surface area (Å²) in [5, 5.41) is 14.5. The van der Waals surface area contributed by atoms with Gasteiger partial charge in [0.25, 0.3) is 0 Å². The smallest absolute Gasteiger partial charge is 0.195 e. The summed E-state index contributed by atoms with van der Waals surface area (Å²) in [5.74, 6) is 2.53. The lowest BCUT2D eigenvalue weighted by Crippen LogP contribution is -2.32. The zero-order valence-electron chi connectivity index (χ0n) is 17.4. The highest BCUT2D eigenvalue weighted by Crippen LogP contribution is 2.46. The fourth-order valence-electron chi connectivity index (χ4n) is 4.17. The molecule has 0 radical (unpaired) electrons. The number of aliphatic hydroxyl groups excluding tert-OH is 1. The van der Waals surface area contributed by atoms with Crippen molar-refractivity contribution in [3.8, 4) is 23.0 Å². The molecule has 1 N–H and O–H groups in total. The van der Waals surface area contributed by atoms with Crippen molar-refractivity contribution in [3.63, 3.8) is 0 Å². The van der Waals surface area contributed by atoms with Gasteiger partial charge in [0, 0.05) is 22.0 Å². The highest BCUT2D eigenvalue weighted by molar-refractivity contribution is 9.10. The van der Waals surface area contributed by atoms with Gasteiger partial charge in [-0.1, -0.05) is 28.1 Å². The van der Waals surface area contributed by atoms with Crippen LogP contribution in [0.1, 0.15) is 51.5 Å². The van der Waals surface area contributed by atoms with Gasteiger partial charge in [-0.2, -0.15) is 0 Å². The first-order chi connectivity index (χ1) is 13.6. The highest BCUT2D eigenvalue weighted by atomic mass is 79.9. The van der Waals surface area contributed by atoms with E-state index >= 15 is 0 Å². The average Bonchev–Trinajstić information content (AvgIpc) is 3.28. The molecular weight excluding hydrogens is 434 g/mol. The molecule has 1 atom stereocenters. The van der Waals surface area contributed by atoms with Gasteiger partial charge >= 0.3 is 0 Å². The van der Waals surface area contributed by atoms with E-state index in [2.05, 4.69) is 43.6 Å². The SMILES string of the molecule is Cc1oc(-c2nc(-c3ccccc3Br)nn2C2CC(C)(C)OC2(C)C)cc1CO. The van der Waals surface area contributed by atoms with Crippen LogP contribution in [0.4, 0.5) is 0 Å². The first-order valence-corrected chi connectivity index (χ1v) is 10.5. The molecular formula is C22H26BrN3O3. The molecule has 1 fully saturated rings. The molecule has 1 aliphatic rings. The van der Waals surface area contributed by atoms with Gasteiger partial charge in [0.05, 0.1) is 23.9 Å². The topological polar surface area (TPSA) is 73.3 Å². The summed E-state index contributed by atoms with van der Waals surface area (Å²) >= 11 is 3.60. The van der Waals surface area contributed by atoms with Gasteiger partial charge in [-0.05, 0) is 52.8 Å². The van der Waals surface area contributed by atoms with Crippen molar-refractivity contribution in [3.05, 3.63) is 46.1 Å². The normalized spacial score (nSPS) is 20.3. The van der Waals surface area contributed by atoms with E-state index in [-0.39, 0.29) is 18.2 Å². The minimum atomic E-state index is -0.418. The van der Waals surface area contributed by atoms with E-state index in [1.54, 1.807) is 0 Å². The van der Waals surface area contributed by atoms with Crippen LogP contribution < -0.4 is 0 Å². The molecule has 1 unspecified atom stereocenters. The van der Waals surface area contributed by atoms with Gasteiger partial charge in [-0.15, -0.1) is 5.10 Å². The van der Waals surface area contributed by atoms with Crippen molar-refractivity contribution >= 4 is 15.9 Å². The summed E-state index contributed by atoms with van der Waals surface area (Å²) in [5.41, 5.74) is 0.979. The van der Waals surface area contributed by atoms with Crippen molar-refractivity contribution in [1.82, 2.24) is 14.8 Å². The number of aryl methyl sites for hydroxylation is 1. The van der Waals surface area contributed by atoms with Crippen LogP contribution in [0, 0.1) is 6.92 Å². The Bertz CT molecular complexity index is 1050. The minimum absolute atomic E-state index is 0.0146. The van der Waals surface area contributed by atoms with Gasteiger partial charge in [0.1, 0.15) is 5.76 Å². The fourth-order valence-corrected chi connectivity index (χ4v) is 4.63. The molecule has 0 aliphatic carbocycles. The Labute approximate surface area is 179 Å². The van der Waals surface area contributed by atoms with Gasteiger partial charge in [0.2, 0.25) is 0 Å². The molecule has 3 heterocycles. The summed E-state index contributed by atoms with van der Waals surface area (Å²) in [7, 11) is 0. The second-order valence-corrected chi connectivity index (χ2v) is 9.57. The molecule has 3 aromatic rings. The number of aliphatic hydroxyl groups is 1. The number of aromatic nitrogens is 3. The average molecular weight is 460 g/mol. The van der Waals surface area contributed by atoms with Crippen molar-refractivity contribution in [2.24, 2.45) is 0 Å². The molecule has 29 heavy (non-hydrogen) atoms. The molecule has 0 bridgehead atoms. The number of halogens is 1. The summed E-state index contributed by atoms with van der Waals surface area (Å²) in [6.45, 7) is 10.1. The van der Waals surface area contributed by atoms with E-state index in [1.807, 2.05) is 41.9 Å². The van der Waals surface area contributed by atoms with Crippen molar-refractivity contribution in [2.45, 2.75) is 64.9 Å². The minimum Gasteiger partial charge on any atom is -0.458 e. The lowest BCUT2D eigenvalue weighted by Gasteiger charge is -2.27. The maximum atomic E-state index is 9.60. The highest BCUT2D eigenvalue weighted by Gasteiger charge is 2.48. The van der Waals surface area contributed by atoms with Gasteiger partial charge in [-0.3, -0.25) is 0 Å². The molecule has 1 saturated heterocycles. The third kappa shape index (κ3) is 3.67. The Morgan fingerprint density at radius 3 is 2.55 bits per heavy atom. The monoisotopic (exact) mass is 459 g/mol. The van der Waals surface area contributed by atoms with Gasteiger partial charge in [-0.25, -0.2) is 9.67 Å². The number of rotatable bonds is 4. The Kier molecular flexibility index (Phi) is 4.96. The predicted molar refractivity (Wildman–Crippen MR) is 114 cm³/mol. The largest absolute Gasteiger partial charge is 0.458 e. The molecule has 7 heteroatoms. The van der Waals surface area contributed by atoms with Crippen molar-refractivity contribution in [1.29, 1.82) is 0 Å². The quantitative estimate of drug-likeness (QED) is 0.573. The molecule has 1 aromatic carbocycles. The van der Waals surface area contributed by atoms with Crippen LogP contribution in [0.5, 0.6) is 0 Å². The Morgan fingerprint density at radius 2 is 1.97 bits per heavy atom. The van der Waals surface area contributed by atoms with E-state index in [4.69, 9.17) is 19.2 Å². The number of furan rings is 1. The number of nitrogens with zero attached hydrogens (tertiary/aromatic N) is 3. The molecule has 1 aliphatic heterocycles. The lowest BCUT2D eigenvalue weighted by atomic mass is 9.94. The lowest BCUT2D eigenvalue weighted by molar-refractivity contribution is -0.0736. The molecule has 6 nitrogen and oxygen atoms in total. The second kappa shape index (κ2) is 7.07.